The molecular formula is C34H58N2O28S. The van der Waals surface area contributed by atoms with Gasteiger partial charge in [0.25, 0.3) is 0 Å². The van der Waals surface area contributed by atoms with Crippen molar-refractivity contribution in [2.75, 3.05) is 26.4 Å². The van der Waals surface area contributed by atoms with Gasteiger partial charge in [-0.1, -0.05) is 0 Å². The minimum Gasteiger partial charge on any atom is -0.394 e. The molecule has 16 N–H and O–H groups in total. The summed E-state index contributed by atoms with van der Waals surface area (Å²) in [7, 11) is -5.33. The lowest BCUT2D eigenvalue weighted by Crippen LogP contribution is -2.69. The zero-order valence-corrected chi connectivity index (χ0v) is 35.5. The normalized spacial score (nSPS) is 47.5. The molecule has 65 heavy (non-hydrogen) atoms. The van der Waals surface area contributed by atoms with Gasteiger partial charge in [-0.15, -0.1) is 0 Å². The molecule has 0 aliphatic carbocycles. The number of carbonyl (C=O) groups is 2. The lowest BCUT2D eigenvalue weighted by Gasteiger charge is -2.49. The topological polar surface area (TPSA) is 468 Å². The second kappa shape index (κ2) is 22.6. The molecule has 0 radical (unpaired) electrons. The summed E-state index contributed by atoms with van der Waals surface area (Å²) in [5.41, 5.74) is 0. The predicted molar refractivity (Wildman–Crippen MR) is 199 cm³/mol. The van der Waals surface area contributed by atoms with Crippen molar-refractivity contribution < 1.29 is 136 Å². The molecule has 0 spiro atoms. The molecule has 0 bridgehead atoms. The van der Waals surface area contributed by atoms with Crippen molar-refractivity contribution in [3.8, 4) is 0 Å². The molecule has 31 heteroatoms. The summed E-state index contributed by atoms with van der Waals surface area (Å²) in [6.07, 6.45) is -42.8. The first kappa shape index (κ1) is 53.9. The highest BCUT2D eigenvalue weighted by Gasteiger charge is 2.56. The summed E-state index contributed by atoms with van der Waals surface area (Å²) in [6.45, 7) is -0.420. The van der Waals surface area contributed by atoms with E-state index in [9.17, 15) is 88.9 Å². The molecule has 0 aromatic carbocycles. The van der Waals surface area contributed by atoms with E-state index in [2.05, 4.69) is 14.8 Å². The molecule has 25 atom stereocenters. The van der Waals surface area contributed by atoms with Gasteiger partial charge in [0.05, 0.1) is 32.5 Å². The van der Waals surface area contributed by atoms with Crippen molar-refractivity contribution in [3.63, 3.8) is 0 Å². The van der Waals surface area contributed by atoms with Crippen LogP contribution >= 0.6 is 0 Å². The number of amides is 2. The molecule has 0 saturated carbocycles. The first-order chi connectivity index (χ1) is 30.4. The Bertz CT molecular complexity index is 1670. The number of hydrogen-bond acceptors (Lipinski definition) is 27. The maximum Gasteiger partial charge on any atom is 0.397 e. The zero-order valence-electron chi connectivity index (χ0n) is 34.6. The molecule has 5 aliphatic rings. The Morgan fingerprint density at radius 1 is 0.508 bits per heavy atom. The fourth-order valence-corrected chi connectivity index (χ4v) is 8.41. The van der Waals surface area contributed by atoms with E-state index in [1.165, 1.54) is 6.92 Å². The fraction of sp³-hybridized carbons (Fsp3) is 0.941. The summed E-state index contributed by atoms with van der Waals surface area (Å²) in [4.78, 5) is 24.6. The largest absolute Gasteiger partial charge is 0.397 e. The molecule has 0 aromatic rings. The molecule has 0 aromatic heterocycles. The molecular weight excluding hydrogens is 916 g/mol. The highest BCUT2D eigenvalue weighted by Crippen LogP contribution is 2.35. The second-order valence-corrected chi connectivity index (χ2v) is 17.0. The van der Waals surface area contributed by atoms with Crippen LogP contribution in [0.2, 0.25) is 0 Å². The Morgan fingerprint density at radius 3 is 1.60 bits per heavy atom. The minimum absolute atomic E-state index is 0.792. The van der Waals surface area contributed by atoms with E-state index in [4.69, 9.17) is 42.6 Å². The van der Waals surface area contributed by atoms with Crippen LogP contribution in [0, 0.1) is 0 Å². The van der Waals surface area contributed by atoms with Crippen LogP contribution < -0.4 is 10.6 Å². The van der Waals surface area contributed by atoms with Crippen LogP contribution in [-0.4, -0.2) is 271 Å². The number of carbonyl (C=O) groups excluding carboxylic acids is 2. The number of ether oxygens (including phenoxy) is 9. The van der Waals surface area contributed by atoms with Crippen molar-refractivity contribution in [2.24, 2.45) is 0 Å². The van der Waals surface area contributed by atoms with Gasteiger partial charge in [0.15, 0.2) is 31.5 Å². The van der Waals surface area contributed by atoms with Gasteiger partial charge < -0.3 is 120 Å². The summed E-state index contributed by atoms with van der Waals surface area (Å²) in [6, 6.07) is -3.34. The molecule has 5 rings (SSSR count). The summed E-state index contributed by atoms with van der Waals surface area (Å²) in [5, 5.41) is 143. The number of hydrogen-bond donors (Lipinski definition) is 16. The molecule has 5 fully saturated rings. The van der Waals surface area contributed by atoms with Crippen molar-refractivity contribution in [1.82, 2.24) is 10.6 Å². The van der Waals surface area contributed by atoms with Crippen LogP contribution in [0.3, 0.4) is 0 Å². The third-order valence-corrected chi connectivity index (χ3v) is 11.7. The number of aliphatic hydroxyl groups excluding tert-OH is 13. The van der Waals surface area contributed by atoms with E-state index in [0.717, 1.165) is 13.8 Å². The van der Waals surface area contributed by atoms with Gasteiger partial charge in [-0.25, -0.2) is 4.18 Å². The zero-order chi connectivity index (χ0) is 48.4. The maximum absolute atomic E-state index is 12.4. The van der Waals surface area contributed by atoms with Crippen LogP contribution in [0.15, 0.2) is 0 Å². The average molecular weight is 975 g/mol. The van der Waals surface area contributed by atoms with Gasteiger partial charge in [-0.2, -0.15) is 8.42 Å². The lowest BCUT2D eigenvalue weighted by atomic mass is 9.94. The van der Waals surface area contributed by atoms with E-state index in [-0.39, 0.29) is 0 Å². The van der Waals surface area contributed by atoms with Crippen LogP contribution in [0.1, 0.15) is 20.8 Å². The predicted octanol–water partition coefficient (Wildman–Crippen LogP) is -10.8. The number of rotatable bonds is 16. The van der Waals surface area contributed by atoms with Gasteiger partial charge in [0.1, 0.15) is 116 Å². The Kier molecular flexibility index (Phi) is 18.7. The van der Waals surface area contributed by atoms with Crippen LogP contribution in [-0.2, 0) is 66.8 Å². The molecule has 5 aliphatic heterocycles. The Labute approximate surface area is 368 Å². The third-order valence-electron chi connectivity index (χ3n) is 11.3. The van der Waals surface area contributed by atoms with E-state index in [1.807, 2.05) is 0 Å². The third kappa shape index (κ3) is 12.4. The first-order valence-electron chi connectivity index (χ1n) is 20.1. The van der Waals surface area contributed by atoms with Crippen LogP contribution in [0.4, 0.5) is 0 Å². The molecule has 1 unspecified atom stereocenters. The van der Waals surface area contributed by atoms with Crippen molar-refractivity contribution in [1.29, 1.82) is 0 Å². The summed E-state index contributed by atoms with van der Waals surface area (Å²) < 4.78 is 87.4. The monoisotopic (exact) mass is 974 g/mol. The van der Waals surface area contributed by atoms with Gasteiger partial charge in [0.2, 0.25) is 11.8 Å². The highest BCUT2D eigenvalue weighted by molar-refractivity contribution is 7.80. The molecule has 30 nitrogen and oxygen atoms in total. The standard InChI is InChI=1S/C34H58N2O28S/c1-8-17(42)22(47)24(49)32(56-8)63-29-23(48)18(43)11(4-37)59-34(29)62-27-16(36-10(3)41)30(51)57-14(20(27)45)7-55-31-15(35-9(2)40)21(46)26(13(6-39)60-31)61-33-25(50)28(64-65(52,53)54)19(44)12(5-38)58-33/h8,11-34,37-39,42-51H,4-7H2,1-3H3,(H,35,40)(H,36,41)(H,52,53,54)/t8-,11+,12+,13+,14+,15+,16+,17+,18-,19-,20-,21+,22+,23-,24-,25+,26+,27+,28-,29+,30-,31?,32-,33-,34-/m0/s1. The lowest BCUT2D eigenvalue weighted by molar-refractivity contribution is -0.381. The van der Waals surface area contributed by atoms with Crippen molar-refractivity contribution >= 4 is 22.2 Å². The molecule has 5 heterocycles. The maximum atomic E-state index is 12.4. The second-order valence-electron chi connectivity index (χ2n) is 15.9. The van der Waals surface area contributed by atoms with Gasteiger partial charge in [0, 0.05) is 13.8 Å². The van der Waals surface area contributed by atoms with E-state index < -0.39 is 202 Å². The quantitative estimate of drug-likeness (QED) is 0.0639. The smallest absolute Gasteiger partial charge is 0.394 e. The Morgan fingerprint density at radius 2 is 1.02 bits per heavy atom. The van der Waals surface area contributed by atoms with Crippen molar-refractivity contribution in [2.45, 2.75) is 174 Å². The molecule has 378 valence electrons. The first-order valence-corrected chi connectivity index (χ1v) is 21.5. The molecule has 5 saturated heterocycles. The van der Waals surface area contributed by atoms with E-state index in [1.54, 1.807) is 0 Å². The van der Waals surface area contributed by atoms with E-state index in [0.29, 0.717) is 0 Å². The minimum atomic E-state index is -5.33. The van der Waals surface area contributed by atoms with E-state index >= 15 is 0 Å². The molecule has 2 amide bonds. The summed E-state index contributed by atoms with van der Waals surface area (Å²) in [5.74, 6) is -1.61. The SMILES string of the molecule is CC(=O)N[C@@H]1[C@@H](O[C@@H]2O[C@H](CO)[C@H](O)[C@H](O)[C@H]2O[C@@H]2O[C@@H](C)[C@@H](O)[C@@H](O)[C@@H]2O)[C@@H](O)[C@@H](COC2O[C@H](CO)[C@@H](O[C@@H]3O[C@H](CO)[C@H](O)[C@H](OS(=O)(=O)O)[C@H]3O)[C@H](O)[C@H]2NC(C)=O)O[C@@H]1O. The summed E-state index contributed by atoms with van der Waals surface area (Å²) >= 11 is 0. The Hall–Kier alpha value is -2.07. The number of nitrogens with one attached hydrogen (secondary N) is 2. The van der Waals surface area contributed by atoms with Gasteiger partial charge >= 0.3 is 10.4 Å². The van der Waals surface area contributed by atoms with Gasteiger partial charge in [-0.3, -0.25) is 14.1 Å². The van der Waals surface area contributed by atoms with Crippen LogP contribution in [0.5, 0.6) is 0 Å². The van der Waals surface area contributed by atoms with Crippen LogP contribution in [0.25, 0.3) is 0 Å². The number of aliphatic hydroxyl groups is 13. The van der Waals surface area contributed by atoms with Gasteiger partial charge in [-0.05, 0) is 6.92 Å². The average Bonchev–Trinajstić information content (AvgIpc) is 3.23. The van der Waals surface area contributed by atoms with Crippen molar-refractivity contribution in [3.05, 3.63) is 0 Å². The Balaban J connectivity index is 1.36. The fourth-order valence-electron chi connectivity index (χ4n) is 7.90. The highest BCUT2D eigenvalue weighted by atomic mass is 32.3.